The van der Waals surface area contributed by atoms with E-state index in [0.29, 0.717) is 13.2 Å². The number of hydrogen-bond acceptors (Lipinski definition) is 3. The van der Waals surface area contributed by atoms with Crippen molar-refractivity contribution in [1.82, 2.24) is 5.32 Å². The highest BCUT2D eigenvalue weighted by atomic mass is 16.5. The molecule has 1 aliphatic rings. The molecule has 1 fully saturated rings. The third-order valence-electron chi connectivity index (χ3n) is 3.82. The Labute approximate surface area is 120 Å². The van der Waals surface area contributed by atoms with Crippen LogP contribution >= 0.6 is 0 Å². The summed E-state index contributed by atoms with van der Waals surface area (Å²) in [6.45, 7) is 4.08. The minimum absolute atomic E-state index is 0.112. The van der Waals surface area contributed by atoms with Crippen LogP contribution in [0, 0.1) is 0 Å². The van der Waals surface area contributed by atoms with E-state index >= 15 is 0 Å². The predicted octanol–water partition coefficient (Wildman–Crippen LogP) is 2.23. The van der Waals surface area contributed by atoms with Crippen molar-refractivity contribution in [2.45, 2.75) is 38.0 Å². The molecule has 0 bridgehead atoms. The van der Waals surface area contributed by atoms with E-state index < -0.39 is 0 Å². The van der Waals surface area contributed by atoms with Gasteiger partial charge in [-0.2, -0.15) is 0 Å². The van der Waals surface area contributed by atoms with Gasteiger partial charge >= 0.3 is 0 Å². The lowest BCUT2D eigenvalue weighted by molar-refractivity contribution is -0.123. The summed E-state index contributed by atoms with van der Waals surface area (Å²) in [4.78, 5) is 12.3. The summed E-state index contributed by atoms with van der Waals surface area (Å²) in [5.41, 5.74) is 7.16. The van der Waals surface area contributed by atoms with Gasteiger partial charge in [-0.1, -0.05) is 25.5 Å². The van der Waals surface area contributed by atoms with Gasteiger partial charge < -0.3 is 15.8 Å². The van der Waals surface area contributed by atoms with Crippen LogP contribution in [0.15, 0.2) is 24.3 Å². The summed E-state index contributed by atoms with van der Waals surface area (Å²) in [5.74, 6) is 0.112. The molecule has 1 aliphatic carbocycles. The molecule has 0 aromatic heterocycles. The molecule has 110 valence electrons. The van der Waals surface area contributed by atoms with Gasteiger partial charge in [0.15, 0.2) is 0 Å². The predicted molar refractivity (Wildman–Crippen MR) is 80.5 cm³/mol. The third kappa shape index (κ3) is 3.51. The van der Waals surface area contributed by atoms with E-state index in [1.165, 1.54) is 0 Å². The number of amides is 1. The zero-order valence-corrected chi connectivity index (χ0v) is 12.2. The standard InChI is InChI=1S/C16H24N2O2/c1-2-3-11-20-12-10-18-15(19)16(8-9-16)13-4-6-14(17)7-5-13/h4-7H,2-3,8-12,17H2,1H3,(H,18,19). The second-order valence-electron chi connectivity index (χ2n) is 5.43. The topological polar surface area (TPSA) is 64.3 Å². The largest absolute Gasteiger partial charge is 0.399 e. The molecule has 0 saturated heterocycles. The Balaban J connectivity index is 1.78. The Morgan fingerprint density at radius 2 is 2.00 bits per heavy atom. The van der Waals surface area contributed by atoms with Crippen LogP contribution in [0.2, 0.25) is 0 Å². The second kappa shape index (κ2) is 6.75. The van der Waals surface area contributed by atoms with E-state index in [2.05, 4.69) is 12.2 Å². The van der Waals surface area contributed by atoms with Crippen LogP contribution in [-0.4, -0.2) is 25.7 Å². The Bertz CT molecular complexity index is 438. The first-order chi connectivity index (χ1) is 9.69. The SMILES string of the molecule is CCCCOCCNC(=O)C1(c2ccc(N)cc2)CC1. The molecule has 1 amide bonds. The van der Waals surface area contributed by atoms with Crippen LogP contribution in [0.1, 0.15) is 38.2 Å². The number of nitrogens with one attached hydrogen (secondary N) is 1. The van der Waals surface area contributed by atoms with E-state index in [-0.39, 0.29) is 11.3 Å². The van der Waals surface area contributed by atoms with Crippen molar-refractivity contribution in [1.29, 1.82) is 0 Å². The van der Waals surface area contributed by atoms with Gasteiger partial charge in [0.25, 0.3) is 0 Å². The number of carbonyl (C=O) groups is 1. The molecule has 1 aromatic rings. The minimum atomic E-state index is -0.322. The first-order valence-electron chi connectivity index (χ1n) is 7.41. The smallest absolute Gasteiger partial charge is 0.230 e. The van der Waals surface area contributed by atoms with Crippen LogP contribution in [0.25, 0.3) is 0 Å². The molecule has 4 heteroatoms. The number of nitrogens with two attached hydrogens (primary N) is 1. The summed E-state index contributed by atoms with van der Waals surface area (Å²) in [5, 5.41) is 2.98. The lowest BCUT2D eigenvalue weighted by Gasteiger charge is -2.16. The molecule has 0 atom stereocenters. The van der Waals surface area contributed by atoms with Crippen molar-refractivity contribution < 1.29 is 9.53 Å². The molecule has 0 aliphatic heterocycles. The number of hydrogen-bond donors (Lipinski definition) is 2. The van der Waals surface area contributed by atoms with Gasteiger partial charge in [-0.3, -0.25) is 4.79 Å². The van der Waals surface area contributed by atoms with E-state index in [4.69, 9.17) is 10.5 Å². The number of benzene rings is 1. The zero-order valence-electron chi connectivity index (χ0n) is 12.2. The third-order valence-corrected chi connectivity index (χ3v) is 3.82. The highest BCUT2D eigenvalue weighted by molar-refractivity contribution is 5.91. The van der Waals surface area contributed by atoms with Crippen molar-refractivity contribution in [3.63, 3.8) is 0 Å². The summed E-state index contributed by atoms with van der Waals surface area (Å²) in [6.07, 6.45) is 4.04. The van der Waals surface area contributed by atoms with Crippen LogP contribution < -0.4 is 11.1 Å². The second-order valence-corrected chi connectivity index (χ2v) is 5.43. The van der Waals surface area contributed by atoms with Crippen LogP contribution in [-0.2, 0) is 14.9 Å². The summed E-state index contributed by atoms with van der Waals surface area (Å²) in [6, 6.07) is 7.63. The monoisotopic (exact) mass is 276 g/mol. The number of unbranched alkanes of at least 4 members (excludes halogenated alkanes) is 1. The fourth-order valence-corrected chi connectivity index (χ4v) is 2.33. The molecule has 4 nitrogen and oxygen atoms in total. The van der Waals surface area contributed by atoms with Gasteiger partial charge in [0.05, 0.1) is 12.0 Å². The number of ether oxygens (including phenoxy) is 1. The van der Waals surface area contributed by atoms with Gasteiger partial charge in [-0.25, -0.2) is 0 Å². The molecule has 20 heavy (non-hydrogen) atoms. The summed E-state index contributed by atoms with van der Waals surface area (Å²) >= 11 is 0. The van der Waals surface area contributed by atoms with E-state index in [1.54, 1.807) is 0 Å². The first-order valence-corrected chi connectivity index (χ1v) is 7.41. The summed E-state index contributed by atoms with van der Waals surface area (Å²) < 4.78 is 5.45. The van der Waals surface area contributed by atoms with Crippen molar-refractivity contribution in [3.05, 3.63) is 29.8 Å². The Morgan fingerprint density at radius 3 is 2.60 bits per heavy atom. The van der Waals surface area contributed by atoms with Gasteiger partial charge in [0, 0.05) is 18.8 Å². The molecule has 3 N–H and O–H groups in total. The number of rotatable bonds is 8. The van der Waals surface area contributed by atoms with Crippen LogP contribution in [0.4, 0.5) is 5.69 Å². The molecular weight excluding hydrogens is 252 g/mol. The van der Waals surface area contributed by atoms with Gasteiger partial charge in [-0.15, -0.1) is 0 Å². The van der Waals surface area contributed by atoms with E-state index in [9.17, 15) is 4.79 Å². The Kier molecular flexibility index (Phi) is 5.01. The number of carbonyl (C=O) groups excluding carboxylic acids is 1. The molecule has 1 saturated carbocycles. The minimum Gasteiger partial charge on any atom is -0.399 e. The maximum atomic E-state index is 12.3. The first kappa shape index (κ1) is 14.9. The fraction of sp³-hybridized carbons (Fsp3) is 0.562. The highest BCUT2D eigenvalue weighted by Crippen LogP contribution is 2.48. The quantitative estimate of drug-likeness (QED) is 0.565. The molecule has 0 radical (unpaired) electrons. The van der Waals surface area contributed by atoms with E-state index in [0.717, 1.165) is 43.5 Å². The number of nitrogen functional groups attached to an aromatic ring is 1. The zero-order chi connectivity index (χ0) is 14.4. The van der Waals surface area contributed by atoms with Crippen molar-refractivity contribution in [3.8, 4) is 0 Å². The highest BCUT2D eigenvalue weighted by Gasteiger charge is 2.50. The number of anilines is 1. The fourth-order valence-electron chi connectivity index (χ4n) is 2.33. The lowest BCUT2D eigenvalue weighted by atomic mass is 9.95. The molecule has 1 aromatic carbocycles. The van der Waals surface area contributed by atoms with Crippen molar-refractivity contribution in [2.24, 2.45) is 0 Å². The van der Waals surface area contributed by atoms with E-state index in [1.807, 2.05) is 24.3 Å². The average molecular weight is 276 g/mol. The molecule has 0 unspecified atom stereocenters. The van der Waals surface area contributed by atoms with Crippen molar-refractivity contribution in [2.75, 3.05) is 25.5 Å². The van der Waals surface area contributed by atoms with Gasteiger partial charge in [0.2, 0.25) is 5.91 Å². The maximum Gasteiger partial charge on any atom is 0.230 e. The molecule has 0 spiro atoms. The normalized spacial score (nSPS) is 15.8. The molecule has 2 rings (SSSR count). The van der Waals surface area contributed by atoms with Crippen LogP contribution in [0.5, 0.6) is 0 Å². The summed E-state index contributed by atoms with van der Waals surface area (Å²) in [7, 11) is 0. The molecule has 0 heterocycles. The Morgan fingerprint density at radius 1 is 1.30 bits per heavy atom. The maximum absolute atomic E-state index is 12.3. The van der Waals surface area contributed by atoms with Gasteiger partial charge in [-0.05, 0) is 37.0 Å². The lowest BCUT2D eigenvalue weighted by Crippen LogP contribution is -2.36. The van der Waals surface area contributed by atoms with Crippen molar-refractivity contribution >= 4 is 11.6 Å². The Hall–Kier alpha value is -1.55. The molecular formula is C16H24N2O2. The average Bonchev–Trinajstić information content (AvgIpc) is 3.25. The van der Waals surface area contributed by atoms with Crippen LogP contribution in [0.3, 0.4) is 0 Å². The van der Waals surface area contributed by atoms with Gasteiger partial charge in [0.1, 0.15) is 0 Å².